The molecule has 3 N–H and O–H groups in total. The number of primary amides is 1. The van der Waals surface area contributed by atoms with E-state index in [9.17, 15) is 18.3 Å². The van der Waals surface area contributed by atoms with Gasteiger partial charge in [0.1, 0.15) is 34.8 Å². The molecule has 1 amide bonds. The van der Waals surface area contributed by atoms with Crippen molar-refractivity contribution in [1.82, 2.24) is 13.8 Å². The number of nitrogens with zero attached hydrogens (tertiary/aromatic N) is 3. The number of carbonyl (C=O) groups is 1. The van der Waals surface area contributed by atoms with Gasteiger partial charge < -0.3 is 24.9 Å². The molecule has 1 aliphatic rings. The van der Waals surface area contributed by atoms with E-state index in [0.717, 1.165) is 5.75 Å². The number of ether oxygens (including phenoxy) is 2. The standard InChI is InChI=1S/C20H28N4O6S/c1-22-13-18(11-19(22)20(21)26)31(27,28)24-9-7-23(8-10-24)12-15(25)14-30-17-5-3-16(29-2)4-6-17/h3-6,11,13,15,25H,7-10,12,14H2,1-2H3,(H2,21,26)/t15-/m0/s1. The normalized spacial score (nSPS) is 16.7. The summed E-state index contributed by atoms with van der Waals surface area (Å²) in [6.07, 6.45) is 0.680. The number of β-amino-alcohol motifs (C(OH)–C–C–N with tert-alkyl or cyclic N) is 1. The largest absolute Gasteiger partial charge is 0.497 e. The second kappa shape index (κ2) is 9.69. The van der Waals surface area contributed by atoms with Crippen LogP contribution in [0.15, 0.2) is 41.4 Å². The van der Waals surface area contributed by atoms with Crippen molar-refractivity contribution in [2.45, 2.75) is 11.0 Å². The van der Waals surface area contributed by atoms with Gasteiger partial charge in [0.15, 0.2) is 0 Å². The molecule has 0 bridgehead atoms. The fourth-order valence-electron chi connectivity index (χ4n) is 3.44. The number of hydrogen-bond donors (Lipinski definition) is 2. The van der Waals surface area contributed by atoms with E-state index in [1.165, 1.54) is 21.1 Å². The number of methoxy groups -OCH3 is 1. The Kier molecular flexibility index (Phi) is 7.21. The lowest BCUT2D eigenvalue weighted by Gasteiger charge is -2.34. The number of hydrogen-bond acceptors (Lipinski definition) is 7. The molecule has 1 saturated heterocycles. The smallest absolute Gasteiger partial charge is 0.265 e. The zero-order chi connectivity index (χ0) is 22.6. The van der Waals surface area contributed by atoms with Crippen LogP contribution in [0.3, 0.4) is 0 Å². The first-order valence-electron chi connectivity index (χ1n) is 9.84. The Morgan fingerprint density at radius 1 is 1.16 bits per heavy atom. The Bertz CT molecular complexity index is 997. The van der Waals surface area contributed by atoms with Crippen molar-refractivity contribution in [1.29, 1.82) is 0 Å². The van der Waals surface area contributed by atoms with Gasteiger partial charge in [-0.05, 0) is 30.3 Å². The van der Waals surface area contributed by atoms with Crippen molar-refractivity contribution in [2.24, 2.45) is 12.8 Å². The number of rotatable bonds is 9. The van der Waals surface area contributed by atoms with Crippen molar-refractivity contribution in [3.8, 4) is 11.5 Å². The first kappa shape index (κ1) is 23.1. The number of sulfonamides is 1. The molecule has 1 fully saturated rings. The Morgan fingerprint density at radius 3 is 2.32 bits per heavy atom. The lowest BCUT2D eigenvalue weighted by atomic mass is 10.3. The minimum Gasteiger partial charge on any atom is -0.497 e. The topological polar surface area (TPSA) is 127 Å². The summed E-state index contributed by atoms with van der Waals surface area (Å²) in [5.74, 6) is 0.677. The van der Waals surface area contributed by atoms with Crippen molar-refractivity contribution < 1.29 is 27.8 Å². The van der Waals surface area contributed by atoms with Crippen LogP contribution in [0.5, 0.6) is 11.5 Å². The second-order valence-corrected chi connectivity index (χ2v) is 9.32. The number of aromatic nitrogens is 1. The van der Waals surface area contributed by atoms with Crippen molar-refractivity contribution in [3.05, 3.63) is 42.2 Å². The molecular formula is C20H28N4O6S. The van der Waals surface area contributed by atoms with Gasteiger partial charge in [0.05, 0.1) is 7.11 Å². The molecule has 31 heavy (non-hydrogen) atoms. The van der Waals surface area contributed by atoms with Crippen LogP contribution in [-0.2, 0) is 17.1 Å². The number of aryl methyl sites for hydroxylation is 1. The van der Waals surface area contributed by atoms with Crippen LogP contribution >= 0.6 is 0 Å². The number of amides is 1. The predicted molar refractivity (Wildman–Crippen MR) is 114 cm³/mol. The number of nitrogens with two attached hydrogens (primary N) is 1. The van der Waals surface area contributed by atoms with E-state index >= 15 is 0 Å². The molecule has 3 rings (SSSR count). The Balaban J connectivity index is 1.49. The summed E-state index contributed by atoms with van der Waals surface area (Å²) < 4.78 is 39.2. The highest BCUT2D eigenvalue weighted by Gasteiger charge is 2.30. The molecule has 170 valence electrons. The van der Waals surface area contributed by atoms with Crippen molar-refractivity contribution in [3.63, 3.8) is 0 Å². The molecule has 2 heterocycles. The molecule has 0 spiro atoms. The molecule has 0 aliphatic carbocycles. The minimum atomic E-state index is -3.72. The van der Waals surface area contributed by atoms with E-state index < -0.39 is 22.0 Å². The van der Waals surface area contributed by atoms with E-state index in [0.29, 0.717) is 25.4 Å². The third-order valence-electron chi connectivity index (χ3n) is 5.17. The Hall–Kier alpha value is -2.60. The molecule has 1 aromatic heterocycles. The van der Waals surface area contributed by atoms with Crippen LogP contribution in [0.2, 0.25) is 0 Å². The first-order chi connectivity index (χ1) is 14.7. The second-order valence-electron chi connectivity index (χ2n) is 7.38. The monoisotopic (exact) mass is 452 g/mol. The summed E-state index contributed by atoms with van der Waals surface area (Å²) in [5.41, 5.74) is 5.41. The van der Waals surface area contributed by atoms with Crippen LogP contribution < -0.4 is 15.2 Å². The quantitative estimate of drug-likeness (QED) is 0.543. The van der Waals surface area contributed by atoms with Gasteiger partial charge in [-0.3, -0.25) is 9.69 Å². The summed E-state index contributed by atoms with van der Waals surface area (Å²) in [4.78, 5) is 13.4. The minimum absolute atomic E-state index is 0.0465. The molecule has 1 aliphatic heterocycles. The van der Waals surface area contributed by atoms with E-state index in [1.54, 1.807) is 38.4 Å². The van der Waals surface area contributed by atoms with Gasteiger partial charge in [-0.1, -0.05) is 0 Å². The highest BCUT2D eigenvalue weighted by molar-refractivity contribution is 7.89. The lowest BCUT2D eigenvalue weighted by molar-refractivity contribution is 0.0569. The number of aliphatic hydroxyl groups is 1. The van der Waals surface area contributed by atoms with Gasteiger partial charge >= 0.3 is 0 Å². The highest BCUT2D eigenvalue weighted by Crippen LogP contribution is 2.20. The van der Waals surface area contributed by atoms with Crippen molar-refractivity contribution >= 4 is 15.9 Å². The number of aliphatic hydroxyl groups excluding tert-OH is 1. The average Bonchev–Trinajstić information content (AvgIpc) is 3.16. The molecule has 0 radical (unpaired) electrons. The molecule has 0 unspecified atom stereocenters. The van der Waals surface area contributed by atoms with Gasteiger partial charge in [0.25, 0.3) is 5.91 Å². The van der Waals surface area contributed by atoms with Crippen LogP contribution in [0.4, 0.5) is 0 Å². The van der Waals surface area contributed by atoms with Gasteiger partial charge in [-0.25, -0.2) is 8.42 Å². The van der Waals surface area contributed by atoms with Crippen molar-refractivity contribution in [2.75, 3.05) is 46.4 Å². The lowest BCUT2D eigenvalue weighted by Crippen LogP contribution is -2.50. The number of benzene rings is 1. The third kappa shape index (κ3) is 5.56. The molecular weight excluding hydrogens is 424 g/mol. The maximum atomic E-state index is 12.9. The van der Waals surface area contributed by atoms with Gasteiger partial charge in [-0.15, -0.1) is 0 Å². The zero-order valence-electron chi connectivity index (χ0n) is 17.6. The molecule has 10 nitrogen and oxygen atoms in total. The molecule has 1 atom stereocenters. The molecule has 0 saturated carbocycles. The van der Waals surface area contributed by atoms with Crippen LogP contribution in [0.25, 0.3) is 0 Å². The van der Waals surface area contributed by atoms with Gasteiger partial charge in [0.2, 0.25) is 10.0 Å². The fraction of sp³-hybridized carbons (Fsp3) is 0.450. The summed E-state index contributed by atoms with van der Waals surface area (Å²) >= 11 is 0. The van der Waals surface area contributed by atoms with E-state index in [-0.39, 0.29) is 30.3 Å². The molecule has 11 heteroatoms. The Morgan fingerprint density at radius 2 is 1.77 bits per heavy atom. The van der Waals surface area contributed by atoms with Crippen LogP contribution in [-0.4, -0.2) is 85.7 Å². The SMILES string of the molecule is COc1ccc(OC[C@@H](O)CN2CCN(S(=O)(=O)c3cc(C(N)=O)n(C)c3)CC2)cc1. The third-order valence-corrected chi connectivity index (χ3v) is 7.04. The summed E-state index contributed by atoms with van der Waals surface area (Å²) in [6, 6.07) is 8.39. The van der Waals surface area contributed by atoms with E-state index in [2.05, 4.69) is 0 Å². The fourth-order valence-corrected chi connectivity index (χ4v) is 4.93. The van der Waals surface area contributed by atoms with Gasteiger partial charge in [0, 0.05) is 46.0 Å². The summed E-state index contributed by atoms with van der Waals surface area (Å²) in [7, 11) is -0.559. The molecule has 1 aromatic carbocycles. The number of piperazine rings is 1. The predicted octanol–water partition coefficient (Wildman–Crippen LogP) is -0.121. The van der Waals surface area contributed by atoms with E-state index in [4.69, 9.17) is 15.2 Å². The summed E-state index contributed by atoms with van der Waals surface area (Å²) in [6.45, 7) is 2.04. The average molecular weight is 453 g/mol. The Labute approximate surface area is 181 Å². The van der Waals surface area contributed by atoms with E-state index in [1.807, 2.05) is 4.90 Å². The molecule has 2 aromatic rings. The van der Waals surface area contributed by atoms with Crippen LogP contribution in [0.1, 0.15) is 10.5 Å². The highest BCUT2D eigenvalue weighted by atomic mass is 32.2. The maximum Gasteiger partial charge on any atom is 0.265 e. The maximum absolute atomic E-state index is 12.9. The first-order valence-corrected chi connectivity index (χ1v) is 11.3. The number of carbonyl (C=O) groups excluding carboxylic acids is 1. The summed E-state index contributed by atoms with van der Waals surface area (Å²) in [5, 5.41) is 10.3. The zero-order valence-corrected chi connectivity index (χ0v) is 18.4. The van der Waals surface area contributed by atoms with Crippen LogP contribution in [0, 0.1) is 0 Å². The van der Waals surface area contributed by atoms with Gasteiger partial charge in [-0.2, -0.15) is 4.31 Å².